The van der Waals surface area contributed by atoms with Gasteiger partial charge in [0.2, 0.25) is 11.8 Å². The number of nitrogens with zero attached hydrogens (tertiary/aromatic N) is 1. The molecule has 0 spiro atoms. The summed E-state index contributed by atoms with van der Waals surface area (Å²) in [7, 11) is 0. The Labute approximate surface area is 90.2 Å². The predicted octanol–water partition coefficient (Wildman–Crippen LogP) is 0.306. The van der Waals surface area contributed by atoms with E-state index >= 15 is 0 Å². The van der Waals surface area contributed by atoms with Gasteiger partial charge in [0.25, 0.3) is 6.43 Å². The standard InChI is InChI=1S/C7H10F2N2O2.BrH/c8-5(9)3-11-6(12)2-1-4(10)7(11)13;/h4-5H,1-3,10H2;1H/t4-;/m1./s1. The molecule has 1 aliphatic heterocycles. The van der Waals surface area contributed by atoms with Crippen LogP contribution in [-0.2, 0) is 9.59 Å². The van der Waals surface area contributed by atoms with Crippen molar-refractivity contribution in [1.29, 1.82) is 0 Å². The Balaban J connectivity index is 0.00000169. The van der Waals surface area contributed by atoms with E-state index in [1.54, 1.807) is 0 Å². The zero-order valence-electron chi connectivity index (χ0n) is 7.28. The van der Waals surface area contributed by atoms with Crippen LogP contribution in [0.4, 0.5) is 8.78 Å². The van der Waals surface area contributed by atoms with Crippen LogP contribution in [0.25, 0.3) is 0 Å². The summed E-state index contributed by atoms with van der Waals surface area (Å²) in [6.07, 6.45) is -2.38. The molecule has 4 nitrogen and oxygen atoms in total. The zero-order chi connectivity index (χ0) is 10.0. The monoisotopic (exact) mass is 272 g/mol. The first-order valence-electron chi connectivity index (χ1n) is 3.90. The summed E-state index contributed by atoms with van der Waals surface area (Å²) in [5.41, 5.74) is 5.32. The Morgan fingerprint density at radius 1 is 1.50 bits per heavy atom. The highest BCUT2D eigenvalue weighted by atomic mass is 79.9. The summed E-state index contributed by atoms with van der Waals surface area (Å²) in [6.45, 7) is -0.842. The van der Waals surface area contributed by atoms with Crippen LogP contribution in [0.5, 0.6) is 0 Å². The summed E-state index contributed by atoms with van der Waals surface area (Å²) in [6, 6.07) is -0.809. The number of piperidine rings is 1. The molecule has 1 aliphatic rings. The first-order valence-corrected chi connectivity index (χ1v) is 3.90. The van der Waals surface area contributed by atoms with Crippen LogP contribution in [0.2, 0.25) is 0 Å². The molecule has 7 heteroatoms. The third kappa shape index (κ3) is 2.98. The van der Waals surface area contributed by atoms with Crippen LogP contribution in [0.1, 0.15) is 12.8 Å². The second kappa shape index (κ2) is 5.35. The number of halogens is 3. The molecule has 1 atom stereocenters. The van der Waals surface area contributed by atoms with Crippen molar-refractivity contribution in [2.75, 3.05) is 6.54 Å². The van der Waals surface area contributed by atoms with Crippen LogP contribution >= 0.6 is 17.0 Å². The Morgan fingerprint density at radius 3 is 2.57 bits per heavy atom. The van der Waals surface area contributed by atoms with E-state index in [1.165, 1.54) is 0 Å². The lowest BCUT2D eigenvalue weighted by Crippen LogP contribution is -2.52. The maximum atomic E-state index is 11.9. The molecule has 1 saturated heterocycles. The van der Waals surface area contributed by atoms with E-state index in [9.17, 15) is 18.4 Å². The average Bonchev–Trinajstić information content (AvgIpc) is 2.05. The van der Waals surface area contributed by atoms with Gasteiger partial charge in [-0.15, -0.1) is 17.0 Å². The Bertz CT molecular complexity index is 238. The van der Waals surface area contributed by atoms with Gasteiger partial charge in [-0.1, -0.05) is 0 Å². The minimum absolute atomic E-state index is 0. The molecule has 1 fully saturated rings. The lowest BCUT2D eigenvalue weighted by atomic mass is 10.1. The molecular weight excluding hydrogens is 262 g/mol. The van der Waals surface area contributed by atoms with E-state index in [0.717, 1.165) is 0 Å². The quantitative estimate of drug-likeness (QED) is 0.736. The summed E-state index contributed by atoms with van der Waals surface area (Å²) in [5.74, 6) is -1.26. The predicted molar refractivity (Wildman–Crippen MR) is 50.3 cm³/mol. The number of rotatable bonds is 2. The van der Waals surface area contributed by atoms with Crippen LogP contribution in [0, 0.1) is 0 Å². The van der Waals surface area contributed by atoms with E-state index < -0.39 is 30.8 Å². The maximum Gasteiger partial charge on any atom is 0.256 e. The Morgan fingerprint density at radius 2 is 2.07 bits per heavy atom. The largest absolute Gasteiger partial charge is 0.320 e. The van der Waals surface area contributed by atoms with Gasteiger partial charge in [0.05, 0.1) is 12.6 Å². The molecule has 1 rings (SSSR count). The average molecular weight is 273 g/mol. The fourth-order valence-electron chi connectivity index (χ4n) is 1.19. The molecular formula is C7H11BrF2N2O2. The molecule has 2 N–H and O–H groups in total. The highest BCUT2D eigenvalue weighted by Gasteiger charge is 2.33. The molecule has 1 heterocycles. The number of nitrogens with two attached hydrogens (primary N) is 1. The third-order valence-corrected chi connectivity index (χ3v) is 1.87. The second-order valence-electron chi connectivity index (χ2n) is 2.88. The number of likely N-dealkylation sites (tertiary alicyclic amines) is 1. The topological polar surface area (TPSA) is 63.4 Å². The fraction of sp³-hybridized carbons (Fsp3) is 0.714. The number of hydrogen-bond acceptors (Lipinski definition) is 3. The van der Waals surface area contributed by atoms with Crippen LogP contribution in [-0.4, -0.2) is 35.7 Å². The van der Waals surface area contributed by atoms with Crippen molar-refractivity contribution in [3.8, 4) is 0 Å². The number of carbonyl (C=O) groups excluding carboxylic acids is 2. The van der Waals surface area contributed by atoms with Gasteiger partial charge in [-0.25, -0.2) is 8.78 Å². The van der Waals surface area contributed by atoms with Gasteiger partial charge in [-0.2, -0.15) is 0 Å². The first-order chi connectivity index (χ1) is 6.02. The van der Waals surface area contributed by atoms with Gasteiger partial charge in [0, 0.05) is 6.42 Å². The van der Waals surface area contributed by atoms with E-state index in [-0.39, 0.29) is 29.8 Å². The van der Waals surface area contributed by atoms with E-state index in [1.807, 2.05) is 0 Å². The van der Waals surface area contributed by atoms with Crippen molar-refractivity contribution >= 4 is 28.8 Å². The fourth-order valence-corrected chi connectivity index (χ4v) is 1.19. The molecule has 0 aliphatic carbocycles. The van der Waals surface area contributed by atoms with Gasteiger partial charge < -0.3 is 5.73 Å². The zero-order valence-corrected chi connectivity index (χ0v) is 8.99. The summed E-state index contributed by atoms with van der Waals surface area (Å²) in [4.78, 5) is 22.7. The molecule has 0 aromatic heterocycles. The smallest absolute Gasteiger partial charge is 0.256 e. The van der Waals surface area contributed by atoms with E-state index in [2.05, 4.69) is 0 Å². The van der Waals surface area contributed by atoms with Gasteiger partial charge >= 0.3 is 0 Å². The number of hydrogen-bond donors (Lipinski definition) is 1. The van der Waals surface area contributed by atoms with Crippen molar-refractivity contribution in [3.05, 3.63) is 0 Å². The molecule has 0 saturated carbocycles. The maximum absolute atomic E-state index is 11.9. The van der Waals surface area contributed by atoms with Crippen molar-refractivity contribution in [2.24, 2.45) is 5.73 Å². The summed E-state index contributed by atoms with van der Waals surface area (Å²) in [5, 5.41) is 0. The summed E-state index contributed by atoms with van der Waals surface area (Å²) < 4.78 is 23.8. The van der Waals surface area contributed by atoms with Crippen LogP contribution in [0.3, 0.4) is 0 Å². The van der Waals surface area contributed by atoms with E-state index in [4.69, 9.17) is 5.73 Å². The van der Waals surface area contributed by atoms with Crippen LogP contribution < -0.4 is 5.73 Å². The Hall–Kier alpha value is -0.560. The number of carbonyl (C=O) groups is 2. The van der Waals surface area contributed by atoms with Gasteiger partial charge in [0.1, 0.15) is 0 Å². The highest BCUT2D eigenvalue weighted by molar-refractivity contribution is 8.93. The molecule has 0 unspecified atom stereocenters. The molecule has 0 radical (unpaired) electrons. The lowest BCUT2D eigenvalue weighted by molar-refractivity contribution is -0.151. The molecule has 0 bridgehead atoms. The number of amides is 2. The molecule has 82 valence electrons. The normalized spacial score (nSPS) is 22.6. The number of imide groups is 1. The minimum atomic E-state index is -2.70. The van der Waals surface area contributed by atoms with Gasteiger partial charge in [-0.3, -0.25) is 14.5 Å². The Kier molecular flexibility index (Phi) is 5.14. The molecule has 2 amide bonds. The lowest BCUT2D eigenvalue weighted by Gasteiger charge is -2.28. The SMILES string of the molecule is Br.N[C@@H]1CCC(=O)N(CC(F)F)C1=O. The van der Waals surface area contributed by atoms with Gasteiger partial charge in [-0.05, 0) is 6.42 Å². The third-order valence-electron chi connectivity index (χ3n) is 1.87. The van der Waals surface area contributed by atoms with Crippen molar-refractivity contribution in [2.45, 2.75) is 25.3 Å². The van der Waals surface area contributed by atoms with Crippen molar-refractivity contribution in [1.82, 2.24) is 4.90 Å². The summed E-state index contributed by atoms with van der Waals surface area (Å²) >= 11 is 0. The van der Waals surface area contributed by atoms with Crippen molar-refractivity contribution in [3.63, 3.8) is 0 Å². The molecule has 0 aromatic carbocycles. The van der Waals surface area contributed by atoms with Crippen molar-refractivity contribution < 1.29 is 18.4 Å². The second-order valence-corrected chi connectivity index (χ2v) is 2.88. The first kappa shape index (κ1) is 13.4. The minimum Gasteiger partial charge on any atom is -0.320 e. The van der Waals surface area contributed by atoms with E-state index in [0.29, 0.717) is 4.90 Å². The number of alkyl halides is 2. The molecule has 0 aromatic rings. The van der Waals surface area contributed by atoms with Gasteiger partial charge in [0.15, 0.2) is 0 Å². The van der Waals surface area contributed by atoms with Crippen LogP contribution in [0.15, 0.2) is 0 Å². The molecule has 14 heavy (non-hydrogen) atoms. The highest BCUT2D eigenvalue weighted by Crippen LogP contribution is 2.12.